The van der Waals surface area contributed by atoms with E-state index in [4.69, 9.17) is 4.74 Å². The lowest BCUT2D eigenvalue weighted by molar-refractivity contribution is -0.125. The van der Waals surface area contributed by atoms with Crippen LogP contribution in [0.25, 0.3) is 11.4 Å². The van der Waals surface area contributed by atoms with Crippen molar-refractivity contribution < 1.29 is 13.9 Å². The average molecular weight is 382 g/mol. The van der Waals surface area contributed by atoms with Gasteiger partial charge in [-0.05, 0) is 29.8 Å². The maximum Gasteiger partial charge on any atom is 0.251 e. The number of hydrogen-bond acceptors (Lipinski definition) is 5. The number of benzene rings is 1. The molecular formula is C20H19FN4O3. The van der Waals surface area contributed by atoms with Crippen LogP contribution in [0.2, 0.25) is 0 Å². The molecule has 0 spiro atoms. The van der Waals surface area contributed by atoms with Gasteiger partial charge in [-0.15, -0.1) is 0 Å². The van der Waals surface area contributed by atoms with Gasteiger partial charge in [0.25, 0.3) is 5.56 Å². The lowest BCUT2D eigenvalue weighted by Crippen LogP contribution is -2.33. The third-order valence-corrected chi connectivity index (χ3v) is 4.04. The van der Waals surface area contributed by atoms with E-state index in [-0.39, 0.29) is 30.3 Å². The molecular weight excluding hydrogens is 363 g/mol. The number of nitrogens with one attached hydrogen (secondary N) is 2. The van der Waals surface area contributed by atoms with Crippen molar-refractivity contribution in [1.29, 1.82) is 0 Å². The topological polar surface area (TPSA) is 97.0 Å². The number of halogens is 1. The Bertz CT molecular complexity index is 990. The molecule has 28 heavy (non-hydrogen) atoms. The Labute approximate surface area is 160 Å². The van der Waals surface area contributed by atoms with E-state index >= 15 is 0 Å². The summed E-state index contributed by atoms with van der Waals surface area (Å²) >= 11 is 0. The minimum absolute atomic E-state index is 0.108. The maximum atomic E-state index is 13.3. The summed E-state index contributed by atoms with van der Waals surface area (Å²) in [4.78, 5) is 35.3. The van der Waals surface area contributed by atoms with E-state index in [1.54, 1.807) is 36.7 Å². The van der Waals surface area contributed by atoms with Crippen LogP contribution in [0.1, 0.15) is 17.3 Å². The Balaban J connectivity index is 1.91. The predicted molar refractivity (Wildman–Crippen MR) is 101 cm³/mol. The first-order valence-electron chi connectivity index (χ1n) is 8.59. The zero-order chi connectivity index (χ0) is 19.9. The lowest BCUT2D eigenvalue weighted by atomic mass is 10.0. The SMILES string of the molecule is COCC(=O)N[C@@H](Cc1cc(=O)[nH]c(-c2ccncc2)n1)c1ccc(F)cc1. The number of aromatic amines is 1. The van der Waals surface area contributed by atoms with Crippen molar-refractivity contribution in [3.8, 4) is 11.4 Å². The number of pyridine rings is 1. The van der Waals surface area contributed by atoms with E-state index in [2.05, 4.69) is 20.3 Å². The van der Waals surface area contributed by atoms with Gasteiger partial charge < -0.3 is 15.0 Å². The van der Waals surface area contributed by atoms with Gasteiger partial charge in [0.15, 0.2) is 0 Å². The van der Waals surface area contributed by atoms with Crippen molar-refractivity contribution in [2.45, 2.75) is 12.5 Å². The summed E-state index contributed by atoms with van der Waals surface area (Å²) in [5, 5.41) is 2.83. The number of hydrogen-bond donors (Lipinski definition) is 2. The number of rotatable bonds is 7. The molecule has 0 aliphatic rings. The average Bonchev–Trinajstić information content (AvgIpc) is 2.68. The molecule has 0 fully saturated rings. The fourth-order valence-corrected chi connectivity index (χ4v) is 2.78. The second kappa shape index (κ2) is 9.01. The Morgan fingerprint density at radius 3 is 2.61 bits per heavy atom. The molecule has 7 nitrogen and oxygen atoms in total. The largest absolute Gasteiger partial charge is 0.375 e. The standard InChI is InChI=1S/C20H19FN4O3/c1-28-12-19(27)24-17(13-2-4-15(21)5-3-13)10-16-11-18(26)25-20(23-16)14-6-8-22-9-7-14/h2-9,11,17H,10,12H2,1H3,(H,24,27)(H,23,25,26)/t17-/m0/s1. The van der Waals surface area contributed by atoms with Crippen LogP contribution in [0.4, 0.5) is 4.39 Å². The van der Waals surface area contributed by atoms with E-state index < -0.39 is 6.04 Å². The van der Waals surface area contributed by atoms with Gasteiger partial charge in [0, 0.05) is 37.6 Å². The first-order chi connectivity index (χ1) is 13.5. The third kappa shape index (κ3) is 5.08. The monoisotopic (exact) mass is 382 g/mol. The van der Waals surface area contributed by atoms with Crippen molar-refractivity contribution in [1.82, 2.24) is 20.3 Å². The summed E-state index contributed by atoms with van der Waals surface area (Å²) in [6, 6.07) is 10.2. The first-order valence-corrected chi connectivity index (χ1v) is 8.59. The van der Waals surface area contributed by atoms with Gasteiger partial charge in [0.2, 0.25) is 5.91 Å². The molecule has 2 N–H and O–H groups in total. The number of nitrogens with zero attached hydrogens (tertiary/aromatic N) is 2. The van der Waals surface area contributed by atoms with Gasteiger partial charge in [-0.25, -0.2) is 9.37 Å². The Kier molecular flexibility index (Phi) is 6.23. The predicted octanol–water partition coefficient (Wildman–Crippen LogP) is 2.02. The molecule has 2 heterocycles. The van der Waals surface area contributed by atoms with Crippen molar-refractivity contribution in [3.63, 3.8) is 0 Å². The highest BCUT2D eigenvalue weighted by molar-refractivity contribution is 5.77. The van der Waals surface area contributed by atoms with Crippen LogP contribution in [0.15, 0.2) is 59.7 Å². The molecule has 0 bridgehead atoms. The maximum absolute atomic E-state index is 13.3. The Morgan fingerprint density at radius 1 is 1.21 bits per heavy atom. The second-order valence-corrected chi connectivity index (χ2v) is 6.13. The number of methoxy groups -OCH3 is 1. The van der Waals surface area contributed by atoms with Gasteiger partial charge in [-0.3, -0.25) is 14.6 Å². The molecule has 0 radical (unpaired) electrons. The summed E-state index contributed by atoms with van der Waals surface area (Å²) in [5.74, 6) is -0.290. The van der Waals surface area contributed by atoms with Crippen molar-refractivity contribution in [2.24, 2.45) is 0 Å². The Morgan fingerprint density at radius 2 is 1.93 bits per heavy atom. The lowest BCUT2D eigenvalue weighted by Gasteiger charge is -2.19. The Hall–Kier alpha value is -3.39. The highest BCUT2D eigenvalue weighted by Gasteiger charge is 2.17. The highest BCUT2D eigenvalue weighted by atomic mass is 19.1. The van der Waals surface area contributed by atoms with Crippen molar-refractivity contribution in [3.05, 3.63) is 82.3 Å². The van der Waals surface area contributed by atoms with Gasteiger partial charge in [0.1, 0.15) is 18.2 Å². The van der Waals surface area contributed by atoms with Crippen LogP contribution in [-0.4, -0.2) is 34.6 Å². The molecule has 8 heteroatoms. The quantitative estimate of drug-likeness (QED) is 0.652. The summed E-state index contributed by atoms with van der Waals surface area (Å²) in [6.45, 7) is -0.108. The zero-order valence-corrected chi connectivity index (χ0v) is 15.2. The van der Waals surface area contributed by atoms with Gasteiger partial charge in [-0.2, -0.15) is 0 Å². The molecule has 1 amide bonds. The molecule has 0 saturated heterocycles. The molecule has 144 valence electrons. The number of carbonyl (C=O) groups is 1. The van der Waals surface area contributed by atoms with Crippen LogP contribution in [0.5, 0.6) is 0 Å². The molecule has 3 aromatic rings. The summed E-state index contributed by atoms with van der Waals surface area (Å²) < 4.78 is 18.1. The van der Waals surface area contributed by atoms with Crippen LogP contribution < -0.4 is 10.9 Å². The number of carbonyl (C=O) groups excluding carboxylic acids is 1. The number of ether oxygens (including phenoxy) is 1. The van der Waals surface area contributed by atoms with Gasteiger partial charge in [0.05, 0.1) is 11.7 Å². The zero-order valence-electron chi connectivity index (χ0n) is 15.2. The molecule has 0 aliphatic carbocycles. The van der Waals surface area contributed by atoms with Crippen LogP contribution in [-0.2, 0) is 16.0 Å². The normalized spacial score (nSPS) is 11.8. The summed E-state index contributed by atoms with van der Waals surface area (Å²) in [7, 11) is 1.42. The van der Waals surface area contributed by atoms with E-state index in [9.17, 15) is 14.0 Å². The molecule has 3 rings (SSSR count). The number of H-pyrrole nitrogens is 1. The number of amides is 1. The van der Waals surface area contributed by atoms with Crippen LogP contribution >= 0.6 is 0 Å². The minimum atomic E-state index is -0.497. The molecule has 0 aliphatic heterocycles. The van der Waals surface area contributed by atoms with E-state index in [1.165, 1.54) is 25.3 Å². The molecule has 0 unspecified atom stereocenters. The number of aromatic nitrogens is 3. The fraction of sp³-hybridized carbons (Fsp3) is 0.200. The van der Waals surface area contributed by atoms with E-state index in [1.807, 2.05) is 0 Å². The highest BCUT2D eigenvalue weighted by Crippen LogP contribution is 2.19. The molecule has 1 aromatic carbocycles. The van der Waals surface area contributed by atoms with Crippen LogP contribution in [0, 0.1) is 5.82 Å². The van der Waals surface area contributed by atoms with E-state index in [0.29, 0.717) is 17.1 Å². The minimum Gasteiger partial charge on any atom is -0.375 e. The van der Waals surface area contributed by atoms with Gasteiger partial charge in [-0.1, -0.05) is 12.1 Å². The third-order valence-electron chi connectivity index (χ3n) is 4.04. The van der Waals surface area contributed by atoms with Gasteiger partial charge >= 0.3 is 0 Å². The van der Waals surface area contributed by atoms with Crippen LogP contribution in [0.3, 0.4) is 0 Å². The molecule has 0 saturated carbocycles. The second-order valence-electron chi connectivity index (χ2n) is 6.13. The molecule has 2 aromatic heterocycles. The smallest absolute Gasteiger partial charge is 0.251 e. The first kappa shape index (κ1) is 19.4. The summed E-state index contributed by atoms with van der Waals surface area (Å²) in [6.07, 6.45) is 3.46. The van der Waals surface area contributed by atoms with E-state index in [0.717, 1.165) is 5.56 Å². The molecule has 1 atom stereocenters. The van der Waals surface area contributed by atoms with Crippen molar-refractivity contribution >= 4 is 5.91 Å². The van der Waals surface area contributed by atoms with Crippen molar-refractivity contribution in [2.75, 3.05) is 13.7 Å². The fourth-order valence-electron chi connectivity index (χ4n) is 2.78. The summed E-state index contributed by atoms with van der Waals surface area (Å²) in [5.41, 5.74) is 1.59.